The molecule has 1 aliphatic heterocycles. The third-order valence-electron chi connectivity index (χ3n) is 3.65. The van der Waals surface area contributed by atoms with Crippen LogP contribution in [0.1, 0.15) is 5.56 Å². The van der Waals surface area contributed by atoms with Gasteiger partial charge in [0.15, 0.2) is 0 Å². The van der Waals surface area contributed by atoms with Gasteiger partial charge < -0.3 is 5.11 Å². The highest BCUT2D eigenvalue weighted by Gasteiger charge is 2.25. The van der Waals surface area contributed by atoms with Crippen LogP contribution < -0.4 is 0 Å². The molecule has 0 saturated carbocycles. The molecule has 94 valence electrons. The minimum absolute atomic E-state index is 0.161. The average molecular weight is 245 g/mol. The molecule has 0 bridgehead atoms. The quantitative estimate of drug-likeness (QED) is 0.897. The Morgan fingerprint density at radius 2 is 1.83 bits per heavy atom. The highest BCUT2D eigenvalue weighted by molar-refractivity contribution is 5.86. The zero-order chi connectivity index (χ0) is 12.5. The fourth-order valence-electron chi connectivity index (χ4n) is 2.62. The monoisotopic (exact) mass is 245 g/mol. The Balaban J connectivity index is 1.87. The van der Waals surface area contributed by atoms with Crippen molar-refractivity contribution in [2.45, 2.75) is 6.54 Å². The van der Waals surface area contributed by atoms with E-state index in [4.69, 9.17) is 5.11 Å². The molecule has 0 aliphatic carbocycles. The van der Waals surface area contributed by atoms with Crippen LogP contribution in [0.5, 0.6) is 0 Å². The Morgan fingerprint density at radius 3 is 2.56 bits per heavy atom. The van der Waals surface area contributed by atoms with Gasteiger partial charge in [0.05, 0.1) is 0 Å². The van der Waals surface area contributed by atoms with E-state index in [1.165, 1.54) is 0 Å². The molecule has 0 spiro atoms. The van der Waals surface area contributed by atoms with Gasteiger partial charge in [-0.2, -0.15) is 0 Å². The molecular formula is C15H16FNO. The van der Waals surface area contributed by atoms with E-state index in [1.807, 2.05) is 30.3 Å². The molecule has 1 N–H and O–H groups in total. The van der Waals surface area contributed by atoms with Gasteiger partial charge in [0.2, 0.25) is 0 Å². The number of aliphatic hydroxyl groups excluding tert-OH is 1. The predicted molar refractivity (Wildman–Crippen MR) is 69.8 cm³/mol. The molecule has 1 fully saturated rings. The number of halogens is 1. The summed E-state index contributed by atoms with van der Waals surface area (Å²) in [7, 11) is 0. The minimum atomic E-state index is -0.161. The van der Waals surface area contributed by atoms with Crippen LogP contribution in [0.2, 0.25) is 0 Å². The smallest absolute Gasteiger partial charge is 0.131 e. The summed E-state index contributed by atoms with van der Waals surface area (Å²) < 4.78 is 13.7. The van der Waals surface area contributed by atoms with E-state index >= 15 is 0 Å². The molecule has 0 unspecified atom stereocenters. The molecule has 0 atom stereocenters. The molecule has 1 aliphatic rings. The van der Waals surface area contributed by atoms with E-state index in [1.54, 1.807) is 6.07 Å². The van der Waals surface area contributed by atoms with E-state index in [2.05, 4.69) is 4.90 Å². The second kappa shape index (κ2) is 4.67. The lowest BCUT2D eigenvalue weighted by atomic mass is 9.98. The maximum Gasteiger partial charge on any atom is 0.131 e. The molecule has 18 heavy (non-hydrogen) atoms. The van der Waals surface area contributed by atoms with E-state index in [-0.39, 0.29) is 12.4 Å². The number of fused-ring (bicyclic) bond motifs is 1. The average Bonchev–Trinajstić information content (AvgIpc) is 2.36. The van der Waals surface area contributed by atoms with Crippen molar-refractivity contribution in [3.05, 3.63) is 47.8 Å². The van der Waals surface area contributed by atoms with Crippen LogP contribution in [0.15, 0.2) is 36.4 Å². The number of rotatable bonds is 3. The first-order chi connectivity index (χ1) is 8.78. The third-order valence-corrected chi connectivity index (χ3v) is 3.65. The molecule has 2 nitrogen and oxygen atoms in total. The van der Waals surface area contributed by atoms with Gasteiger partial charge in [0.1, 0.15) is 5.82 Å². The molecule has 3 rings (SSSR count). The summed E-state index contributed by atoms with van der Waals surface area (Å²) in [6, 6.07) is 11.0. The molecule has 2 aromatic rings. The second-order valence-electron chi connectivity index (χ2n) is 4.99. The summed E-state index contributed by atoms with van der Waals surface area (Å²) in [6.07, 6.45) is 0. The van der Waals surface area contributed by atoms with Crippen LogP contribution in [0, 0.1) is 11.7 Å². The number of hydrogen-bond donors (Lipinski definition) is 1. The summed E-state index contributed by atoms with van der Waals surface area (Å²) >= 11 is 0. The number of benzene rings is 2. The molecule has 1 saturated heterocycles. The van der Waals surface area contributed by atoms with Crippen molar-refractivity contribution in [2.24, 2.45) is 5.92 Å². The van der Waals surface area contributed by atoms with E-state index < -0.39 is 0 Å². The normalized spacial score (nSPS) is 17.0. The Hall–Kier alpha value is -1.45. The van der Waals surface area contributed by atoms with Crippen molar-refractivity contribution in [1.82, 2.24) is 4.90 Å². The minimum Gasteiger partial charge on any atom is -0.396 e. The highest BCUT2D eigenvalue weighted by Crippen LogP contribution is 2.25. The lowest BCUT2D eigenvalue weighted by Gasteiger charge is -2.38. The van der Waals surface area contributed by atoms with Crippen molar-refractivity contribution in [3.63, 3.8) is 0 Å². The Kier molecular flexibility index (Phi) is 3.02. The van der Waals surface area contributed by atoms with Crippen LogP contribution in [-0.4, -0.2) is 29.7 Å². The topological polar surface area (TPSA) is 23.5 Å². The van der Waals surface area contributed by atoms with Gasteiger partial charge in [-0.15, -0.1) is 0 Å². The fraction of sp³-hybridized carbons (Fsp3) is 0.333. The second-order valence-corrected chi connectivity index (χ2v) is 4.99. The number of hydrogen-bond acceptors (Lipinski definition) is 2. The summed E-state index contributed by atoms with van der Waals surface area (Å²) in [6.45, 7) is 2.96. The number of aliphatic hydroxyl groups is 1. The van der Waals surface area contributed by atoms with Crippen LogP contribution in [0.25, 0.3) is 10.8 Å². The largest absolute Gasteiger partial charge is 0.396 e. The summed E-state index contributed by atoms with van der Waals surface area (Å²) in [5.41, 5.74) is 1.16. The lowest BCUT2D eigenvalue weighted by molar-refractivity contribution is 0.0482. The van der Waals surface area contributed by atoms with Crippen LogP contribution in [0.3, 0.4) is 0 Å². The lowest BCUT2D eigenvalue weighted by Crippen LogP contribution is -2.47. The molecule has 0 amide bonds. The molecular weight excluding hydrogens is 229 g/mol. The van der Waals surface area contributed by atoms with Gasteiger partial charge in [-0.05, 0) is 17.0 Å². The van der Waals surface area contributed by atoms with E-state index in [0.717, 1.165) is 30.6 Å². The van der Waals surface area contributed by atoms with Crippen LogP contribution in [-0.2, 0) is 6.54 Å². The van der Waals surface area contributed by atoms with Gasteiger partial charge in [0, 0.05) is 37.5 Å². The van der Waals surface area contributed by atoms with Gasteiger partial charge >= 0.3 is 0 Å². The summed E-state index contributed by atoms with van der Waals surface area (Å²) in [4.78, 5) is 2.28. The van der Waals surface area contributed by atoms with Crippen molar-refractivity contribution in [2.75, 3.05) is 19.7 Å². The fourth-order valence-corrected chi connectivity index (χ4v) is 2.62. The Morgan fingerprint density at radius 1 is 1.11 bits per heavy atom. The highest BCUT2D eigenvalue weighted by atomic mass is 19.1. The third kappa shape index (κ3) is 2.00. The van der Waals surface area contributed by atoms with Crippen molar-refractivity contribution in [3.8, 4) is 0 Å². The Labute approximate surface area is 106 Å². The molecule has 0 aromatic heterocycles. The van der Waals surface area contributed by atoms with E-state index in [9.17, 15) is 4.39 Å². The SMILES string of the molecule is OCC1CN(Cc2ccc(F)c3ccccc23)C1. The number of nitrogens with zero attached hydrogens (tertiary/aromatic N) is 1. The maximum atomic E-state index is 13.7. The van der Waals surface area contributed by atoms with Gasteiger partial charge in [-0.3, -0.25) is 4.90 Å². The van der Waals surface area contributed by atoms with Crippen LogP contribution >= 0.6 is 0 Å². The molecule has 0 radical (unpaired) electrons. The van der Waals surface area contributed by atoms with Gasteiger partial charge in [-0.1, -0.05) is 30.3 Å². The summed E-state index contributed by atoms with van der Waals surface area (Å²) in [5.74, 6) is 0.253. The van der Waals surface area contributed by atoms with Crippen molar-refractivity contribution >= 4 is 10.8 Å². The first-order valence-corrected chi connectivity index (χ1v) is 6.27. The van der Waals surface area contributed by atoms with Crippen LogP contribution in [0.4, 0.5) is 4.39 Å². The zero-order valence-corrected chi connectivity index (χ0v) is 10.1. The number of likely N-dealkylation sites (tertiary alicyclic amines) is 1. The predicted octanol–water partition coefficient (Wildman–Crippen LogP) is 2.40. The molecule has 3 heteroatoms. The Bertz CT molecular complexity index is 563. The van der Waals surface area contributed by atoms with E-state index in [0.29, 0.717) is 11.3 Å². The van der Waals surface area contributed by atoms with Crippen molar-refractivity contribution in [1.29, 1.82) is 0 Å². The van der Waals surface area contributed by atoms with Crippen molar-refractivity contribution < 1.29 is 9.50 Å². The van der Waals surface area contributed by atoms with Gasteiger partial charge in [-0.25, -0.2) is 4.39 Å². The standard InChI is InChI=1S/C15H16FNO/c16-15-6-5-12(9-17-7-11(8-17)10-18)13-3-1-2-4-14(13)15/h1-6,11,18H,7-10H2. The summed E-state index contributed by atoms with van der Waals surface area (Å²) in [5, 5.41) is 10.7. The molecule has 2 aromatic carbocycles. The zero-order valence-electron chi connectivity index (χ0n) is 10.1. The maximum absolute atomic E-state index is 13.7. The van der Waals surface area contributed by atoms with Gasteiger partial charge in [0.25, 0.3) is 0 Å². The first-order valence-electron chi connectivity index (χ1n) is 6.27. The molecule has 1 heterocycles. The first kappa shape index (κ1) is 11.6.